The lowest BCUT2D eigenvalue weighted by Crippen LogP contribution is -2.28. The Labute approximate surface area is 196 Å². The minimum atomic E-state index is -4.39. The van der Waals surface area contributed by atoms with Crippen molar-refractivity contribution in [3.8, 4) is 17.1 Å². The zero-order valence-electron chi connectivity index (χ0n) is 18.4. The molecular weight excluding hydrogens is 466 g/mol. The molecule has 2 aromatic heterocycles. The van der Waals surface area contributed by atoms with Crippen LogP contribution in [0.1, 0.15) is 29.7 Å². The molecule has 0 bridgehead atoms. The molecular formula is C23H19F4N7O. The first-order valence-corrected chi connectivity index (χ1v) is 10.7. The number of aryl methyl sites for hydroxylation is 1. The van der Waals surface area contributed by atoms with Gasteiger partial charge in [-0.2, -0.15) is 23.5 Å². The maximum atomic E-state index is 14.6. The van der Waals surface area contributed by atoms with Gasteiger partial charge in [0, 0.05) is 17.4 Å². The number of tetrazole rings is 1. The Balaban J connectivity index is 1.46. The molecule has 1 amide bonds. The van der Waals surface area contributed by atoms with Gasteiger partial charge in [-0.25, -0.2) is 9.07 Å². The van der Waals surface area contributed by atoms with E-state index in [0.29, 0.717) is 35.3 Å². The fourth-order valence-electron chi connectivity index (χ4n) is 4.07. The quantitative estimate of drug-likeness (QED) is 0.397. The monoisotopic (exact) mass is 485 g/mol. The molecule has 0 spiro atoms. The van der Waals surface area contributed by atoms with Crippen LogP contribution in [-0.4, -0.2) is 42.5 Å². The van der Waals surface area contributed by atoms with Crippen LogP contribution in [0.3, 0.4) is 0 Å². The lowest BCUT2D eigenvalue weighted by Gasteiger charge is -2.18. The summed E-state index contributed by atoms with van der Waals surface area (Å²) in [5, 5.41) is 20.6. The van der Waals surface area contributed by atoms with Crippen LogP contribution < -0.4 is 5.32 Å². The second-order valence-electron chi connectivity index (χ2n) is 8.53. The van der Waals surface area contributed by atoms with Crippen LogP contribution >= 0.6 is 0 Å². The van der Waals surface area contributed by atoms with Crippen molar-refractivity contribution in [3.05, 3.63) is 71.3 Å². The SMILES string of the molecule is Cc1ccc(C2(C(=O)Nc3ccc(-n4ccc(CC(F)(F)F)n4)c(-c4nn[nH]n4)c3)CC2)c(F)c1. The summed E-state index contributed by atoms with van der Waals surface area (Å²) in [6, 6.07) is 10.8. The van der Waals surface area contributed by atoms with Gasteiger partial charge in [-0.1, -0.05) is 12.1 Å². The van der Waals surface area contributed by atoms with Crippen LogP contribution in [0.2, 0.25) is 0 Å². The van der Waals surface area contributed by atoms with Crippen molar-refractivity contribution >= 4 is 11.6 Å². The van der Waals surface area contributed by atoms with Crippen molar-refractivity contribution in [2.45, 2.75) is 37.8 Å². The number of carbonyl (C=O) groups excluding carboxylic acids is 1. The van der Waals surface area contributed by atoms with Gasteiger partial charge < -0.3 is 5.32 Å². The van der Waals surface area contributed by atoms with Gasteiger partial charge in [-0.05, 0) is 60.9 Å². The molecule has 2 N–H and O–H groups in total. The zero-order valence-corrected chi connectivity index (χ0v) is 18.4. The van der Waals surface area contributed by atoms with Gasteiger partial charge >= 0.3 is 6.18 Å². The molecule has 0 unspecified atom stereocenters. The summed E-state index contributed by atoms with van der Waals surface area (Å²) < 4.78 is 54.1. The first-order chi connectivity index (χ1) is 16.6. The summed E-state index contributed by atoms with van der Waals surface area (Å²) in [5.41, 5.74) is 1.18. The number of hydrogen-bond donors (Lipinski definition) is 2. The van der Waals surface area contributed by atoms with Crippen LogP contribution in [0.25, 0.3) is 17.1 Å². The summed E-state index contributed by atoms with van der Waals surface area (Å²) >= 11 is 0. The standard InChI is InChI=1S/C23H19F4N7O/c1-13-2-4-17(18(24)10-13)22(7-8-22)21(35)28-14-3-5-19(16(11-14)20-29-32-33-30-20)34-9-6-15(31-34)12-23(25,26)27/h2-6,9-11H,7-8,12H2,1H3,(H,28,35)(H,29,30,32,33). The number of aromatic amines is 1. The Morgan fingerprint density at radius 3 is 2.63 bits per heavy atom. The molecule has 0 saturated heterocycles. The summed E-state index contributed by atoms with van der Waals surface area (Å²) in [4.78, 5) is 13.2. The highest BCUT2D eigenvalue weighted by Gasteiger charge is 2.52. The molecule has 8 nitrogen and oxygen atoms in total. The molecule has 12 heteroatoms. The zero-order chi connectivity index (χ0) is 24.8. The molecule has 0 atom stereocenters. The Kier molecular flexibility index (Phi) is 5.37. The number of nitrogens with one attached hydrogen (secondary N) is 2. The number of amides is 1. The average Bonchev–Trinajstić information content (AvgIpc) is 3.18. The number of anilines is 1. The Morgan fingerprint density at radius 1 is 1.17 bits per heavy atom. The minimum Gasteiger partial charge on any atom is -0.325 e. The Hall–Kier alpha value is -4.09. The molecule has 0 radical (unpaired) electrons. The van der Waals surface area contributed by atoms with E-state index in [-0.39, 0.29) is 17.4 Å². The van der Waals surface area contributed by atoms with Crippen molar-refractivity contribution in [1.82, 2.24) is 30.4 Å². The number of benzene rings is 2. The third-order valence-electron chi connectivity index (χ3n) is 5.94. The van der Waals surface area contributed by atoms with E-state index in [0.717, 1.165) is 5.56 Å². The Morgan fingerprint density at radius 2 is 1.97 bits per heavy atom. The molecule has 1 saturated carbocycles. The summed E-state index contributed by atoms with van der Waals surface area (Å²) in [5.74, 6) is -0.609. The maximum Gasteiger partial charge on any atom is 0.394 e. The van der Waals surface area contributed by atoms with E-state index in [1.54, 1.807) is 37.3 Å². The van der Waals surface area contributed by atoms with E-state index in [9.17, 15) is 22.4 Å². The fraction of sp³-hybridized carbons (Fsp3) is 0.261. The lowest BCUT2D eigenvalue weighted by molar-refractivity contribution is -0.127. The number of carbonyl (C=O) groups is 1. The van der Waals surface area contributed by atoms with Crippen molar-refractivity contribution in [3.63, 3.8) is 0 Å². The van der Waals surface area contributed by atoms with Gasteiger partial charge in [0.1, 0.15) is 5.82 Å². The molecule has 5 rings (SSSR count). The van der Waals surface area contributed by atoms with Crippen molar-refractivity contribution < 1.29 is 22.4 Å². The van der Waals surface area contributed by atoms with Gasteiger partial charge in [0.05, 0.1) is 28.8 Å². The molecule has 0 aliphatic heterocycles. The van der Waals surface area contributed by atoms with Crippen LogP contribution in [0.15, 0.2) is 48.7 Å². The molecule has 2 heterocycles. The van der Waals surface area contributed by atoms with Crippen molar-refractivity contribution in [1.29, 1.82) is 0 Å². The highest BCUT2D eigenvalue weighted by molar-refractivity contribution is 6.02. The van der Waals surface area contributed by atoms with Gasteiger partial charge in [0.2, 0.25) is 11.7 Å². The highest BCUT2D eigenvalue weighted by Crippen LogP contribution is 2.50. The van der Waals surface area contributed by atoms with Crippen molar-refractivity contribution in [2.24, 2.45) is 0 Å². The number of H-pyrrole nitrogens is 1. The van der Waals surface area contributed by atoms with Gasteiger partial charge in [-0.3, -0.25) is 4.79 Å². The first-order valence-electron chi connectivity index (χ1n) is 10.7. The molecule has 1 aliphatic rings. The second-order valence-corrected chi connectivity index (χ2v) is 8.53. The molecule has 35 heavy (non-hydrogen) atoms. The number of alkyl halides is 3. The summed E-state index contributed by atoms with van der Waals surface area (Å²) in [6.45, 7) is 1.78. The molecule has 4 aromatic rings. The smallest absolute Gasteiger partial charge is 0.325 e. The minimum absolute atomic E-state index is 0.148. The van der Waals surface area contributed by atoms with Gasteiger partial charge in [0.25, 0.3) is 0 Å². The summed E-state index contributed by atoms with van der Waals surface area (Å²) in [7, 11) is 0. The number of hydrogen-bond acceptors (Lipinski definition) is 5. The molecule has 180 valence electrons. The molecule has 2 aromatic carbocycles. The predicted octanol–water partition coefficient (Wildman–Crippen LogP) is 4.28. The average molecular weight is 485 g/mol. The lowest BCUT2D eigenvalue weighted by atomic mass is 9.93. The van der Waals surface area contributed by atoms with E-state index in [1.807, 2.05) is 0 Å². The highest BCUT2D eigenvalue weighted by atomic mass is 19.4. The summed E-state index contributed by atoms with van der Waals surface area (Å²) in [6.07, 6.45) is -3.12. The number of rotatable bonds is 6. The van der Waals surface area contributed by atoms with Crippen LogP contribution in [0.4, 0.5) is 23.2 Å². The van der Waals surface area contributed by atoms with Crippen LogP contribution in [0, 0.1) is 12.7 Å². The largest absolute Gasteiger partial charge is 0.394 e. The normalized spacial score (nSPS) is 14.7. The predicted molar refractivity (Wildman–Crippen MR) is 117 cm³/mol. The van der Waals surface area contributed by atoms with E-state index >= 15 is 0 Å². The van der Waals surface area contributed by atoms with Crippen molar-refractivity contribution in [2.75, 3.05) is 5.32 Å². The fourth-order valence-corrected chi connectivity index (χ4v) is 4.07. The van der Waals surface area contributed by atoms with E-state index in [2.05, 4.69) is 31.0 Å². The number of aromatic nitrogens is 6. The third kappa shape index (κ3) is 4.51. The topological polar surface area (TPSA) is 101 Å². The maximum absolute atomic E-state index is 14.6. The first kappa shape index (κ1) is 22.7. The van der Waals surface area contributed by atoms with E-state index in [4.69, 9.17) is 0 Å². The van der Waals surface area contributed by atoms with Crippen LogP contribution in [-0.2, 0) is 16.6 Å². The second kappa shape index (κ2) is 8.29. The van der Waals surface area contributed by atoms with Crippen LogP contribution in [0.5, 0.6) is 0 Å². The Bertz CT molecular complexity index is 1390. The molecule has 1 fully saturated rings. The van der Waals surface area contributed by atoms with E-state index in [1.165, 1.54) is 23.0 Å². The van der Waals surface area contributed by atoms with Gasteiger partial charge in [-0.15, -0.1) is 10.2 Å². The molecule has 1 aliphatic carbocycles. The van der Waals surface area contributed by atoms with E-state index < -0.39 is 23.8 Å². The van der Waals surface area contributed by atoms with Gasteiger partial charge in [0.15, 0.2) is 0 Å². The number of halogens is 4. The third-order valence-corrected chi connectivity index (χ3v) is 5.94. The number of nitrogens with zero attached hydrogens (tertiary/aromatic N) is 5.